The van der Waals surface area contributed by atoms with Gasteiger partial charge in [-0.05, 0) is 48.6 Å². The number of hydrogen-bond acceptors (Lipinski definition) is 5. The molecule has 8 heteroatoms. The predicted molar refractivity (Wildman–Crippen MR) is 105 cm³/mol. The fraction of sp³-hybridized carbons (Fsp3) is 0.524. The van der Waals surface area contributed by atoms with E-state index in [1.807, 2.05) is 0 Å². The first-order chi connectivity index (χ1) is 13.8. The van der Waals surface area contributed by atoms with Crippen molar-refractivity contribution >= 4 is 23.6 Å². The number of carbonyl (C=O) groups is 4. The van der Waals surface area contributed by atoms with Crippen LogP contribution in [0.5, 0.6) is 0 Å². The van der Waals surface area contributed by atoms with Crippen LogP contribution >= 0.6 is 0 Å². The minimum atomic E-state index is -0.652. The number of carbonyl (C=O) groups excluding carboxylic acids is 4. The molecule has 8 nitrogen and oxygen atoms in total. The number of imide groups is 1. The highest BCUT2D eigenvalue weighted by Crippen LogP contribution is 2.29. The van der Waals surface area contributed by atoms with E-state index in [9.17, 15) is 19.2 Å². The molecular weight excluding hydrogens is 372 g/mol. The quantitative estimate of drug-likeness (QED) is 0.645. The van der Waals surface area contributed by atoms with Crippen LogP contribution < -0.4 is 16.0 Å². The molecule has 3 aliphatic heterocycles. The van der Waals surface area contributed by atoms with Crippen molar-refractivity contribution in [1.82, 2.24) is 20.9 Å². The molecule has 2 saturated heterocycles. The van der Waals surface area contributed by atoms with Gasteiger partial charge in [-0.3, -0.25) is 24.5 Å². The molecule has 0 aliphatic carbocycles. The summed E-state index contributed by atoms with van der Waals surface area (Å²) in [5.41, 5.74) is 1.71. The van der Waals surface area contributed by atoms with Gasteiger partial charge in [-0.1, -0.05) is 13.8 Å². The topological polar surface area (TPSA) is 108 Å². The average molecular weight is 398 g/mol. The number of fused-ring (bicyclic) bond motifs is 1. The molecule has 0 spiro atoms. The lowest BCUT2D eigenvalue weighted by Gasteiger charge is -2.39. The molecule has 29 heavy (non-hydrogen) atoms. The fourth-order valence-corrected chi connectivity index (χ4v) is 4.40. The second-order valence-corrected chi connectivity index (χ2v) is 8.75. The maximum Gasteiger partial charge on any atom is 0.255 e. The van der Waals surface area contributed by atoms with Crippen molar-refractivity contribution in [2.24, 2.45) is 5.41 Å². The molecule has 2 unspecified atom stereocenters. The molecule has 154 valence electrons. The number of nitrogens with zero attached hydrogens (tertiary/aromatic N) is 1. The molecule has 2 atom stereocenters. The summed E-state index contributed by atoms with van der Waals surface area (Å²) in [5, 5.41) is 8.78. The lowest BCUT2D eigenvalue weighted by Crippen LogP contribution is -2.54. The second-order valence-electron chi connectivity index (χ2n) is 8.75. The van der Waals surface area contributed by atoms with Gasteiger partial charge in [0.15, 0.2) is 0 Å². The molecule has 4 rings (SSSR count). The number of piperidine rings is 2. The van der Waals surface area contributed by atoms with E-state index in [1.54, 1.807) is 18.2 Å². The van der Waals surface area contributed by atoms with Gasteiger partial charge in [0.05, 0.1) is 0 Å². The van der Waals surface area contributed by atoms with Gasteiger partial charge in [-0.25, -0.2) is 0 Å². The maximum atomic E-state index is 12.8. The Morgan fingerprint density at radius 3 is 2.72 bits per heavy atom. The predicted octanol–water partition coefficient (Wildman–Crippen LogP) is 0.566. The zero-order chi connectivity index (χ0) is 20.8. The van der Waals surface area contributed by atoms with Crippen LogP contribution in [0.15, 0.2) is 18.2 Å². The molecule has 4 amide bonds. The van der Waals surface area contributed by atoms with Crippen molar-refractivity contribution in [1.29, 1.82) is 0 Å². The molecule has 0 radical (unpaired) electrons. The molecule has 0 saturated carbocycles. The highest BCUT2D eigenvalue weighted by Gasteiger charge is 2.39. The van der Waals surface area contributed by atoms with Crippen LogP contribution in [-0.4, -0.2) is 53.7 Å². The number of amides is 4. The summed E-state index contributed by atoms with van der Waals surface area (Å²) < 4.78 is 0. The van der Waals surface area contributed by atoms with E-state index >= 15 is 0 Å². The van der Waals surface area contributed by atoms with Crippen molar-refractivity contribution in [3.05, 3.63) is 34.9 Å². The Morgan fingerprint density at radius 2 is 2.00 bits per heavy atom. The summed E-state index contributed by atoms with van der Waals surface area (Å²) in [6, 6.07) is 4.48. The third-order valence-electron chi connectivity index (χ3n) is 6.22. The zero-order valence-corrected chi connectivity index (χ0v) is 16.7. The fourth-order valence-electron chi connectivity index (χ4n) is 4.40. The van der Waals surface area contributed by atoms with E-state index < -0.39 is 11.9 Å². The largest absolute Gasteiger partial charge is 0.349 e. The lowest BCUT2D eigenvalue weighted by atomic mass is 9.80. The first-order valence-corrected chi connectivity index (χ1v) is 10.1. The molecule has 0 aromatic heterocycles. The number of hydrogen-bond donors (Lipinski definition) is 3. The Bertz CT molecular complexity index is 895. The van der Waals surface area contributed by atoms with Crippen LogP contribution in [0.3, 0.4) is 0 Å². The van der Waals surface area contributed by atoms with Crippen LogP contribution in [0, 0.1) is 5.41 Å². The monoisotopic (exact) mass is 398 g/mol. The third-order valence-corrected chi connectivity index (χ3v) is 6.22. The van der Waals surface area contributed by atoms with E-state index in [4.69, 9.17) is 0 Å². The van der Waals surface area contributed by atoms with Gasteiger partial charge in [0, 0.05) is 36.7 Å². The number of nitrogens with one attached hydrogen (secondary N) is 3. The molecule has 2 fully saturated rings. The van der Waals surface area contributed by atoms with Gasteiger partial charge in [0.1, 0.15) is 6.04 Å². The van der Waals surface area contributed by atoms with E-state index in [2.05, 4.69) is 29.8 Å². The van der Waals surface area contributed by atoms with Crippen molar-refractivity contribution in [2.45, 2.75) is 51.7 Å². The van der Waals surface area contributed by atoms with Crippen molar-refractivity contribution in [2.75, 3.05) is 13.1 Å². The van der Waals surface area contributed by atoms with Crippen LogP contribution in [0.4, 0.5) is 0 Å². The van der Waals surface area contributed by atoms with Crippen molar-refractivity contribution < 1.29 is 19.2 Å². The van der Waals surface area contributed by atoms with E-state index in [1.165, 1.54) is 4.90 Å². The lowest BCUT2D eigenvalue weighted by molar-refractivity contribution is -0.136. The van der Waals surface area contributed by atoms with Gasteiger partial charge < -0.3 is 15.5 Å². The summed E-state index contributed by atoms with van der Waals surface area (Å²) in [5.74, 6) is -1.13. The molecule has 1 aromatic rings. The van der Waals surface area contributed by atoms with Crippen LogP contribution in [-0.2, 0) is 16.1 Å². The summed E-state index contributed by atoms with van der Waals surface area (Å²) in [6.45, 7) is 6.23. The summed E-state index contributed by atoms with van der Waals surface area (Å²) in [6.07, 6.45) is 1.41. The summed E-state index contributed by atoms with van der Waals surface area (Å²) in [7, 11) is 0. The van der Waals surface area contributed by atoms with Crippen molar-refractivity contribution in [3.63, 3.8) is 0 Å². The van der Waals surface area contributed by atoms with Gasteiger partial charge in [-0.2, -0.15) is 0 Å². The minimum Gasteiger partial charge on any atom is -0.349 e. The smallest absolute Gasteiger partial charge is 0.255 e. The number of rotatable bonds is 3. The van der Waals surface area contributed by atoms with Crippen LogP contribution in [0.2, 0.25) is 0 Å². The third kappa shape index (κ3) is 3.64. The first-order valence-electron chi connectivity index (χ1n) is 10.1. The molecular formula is C21H26N4O4. The van der Waals surface area contributed by atoms with E-state index in [0.717, 1.165) is 25.1 Å². The highest BCUT2D eigenvalue weighted by atomic mass is 16.2. The Balaban J connectivity index is 1.49. The molecule has 3 N–H and O–H groups in total. The normalized spacial score (nSPS) is 26.1. The van der Waals surface area contributed by atoms with E-state index in [-0.39, 0.29) is 42.1 Å². The molecule has 3 aliphatic rings. The highest BCUT2D eigenvalue weighted by molar-refractivity contribution is 6.06. The Labute approximate surface area is 169 Å². The molecule has 0 bridgehead atoms. The van der Waals surface area contributed by atoms with E-state index in [0.29, 0.717) is 17.5 Å². The minimum absolute atomic E-state index is 0.0385. The summed E-state index contributed by atoms with van der Waals surface area (Å²) >= 11 is 0. The van der Waals surface area contributed by atoms with Gasteiger partial charge in [-0.15, -0.1) is 0 Å². The first kappa shape index (κ1) is 19.6. The van der Waals surface area contributed by atoms with Crippen LogP contribution in [0.1, 0.15) is 59.4 Å². The summed E-state index contributed by atoms with van der Waals surface area (Å²) in [4.78, 5) is 50.6. The standard InChI is InChI=1S/C21H26N4O4/c1-21(2)11-22-8-7-16(21)23-18(27)12-3-4-14-13(9-12)10-25(20(14)29)15-5-6-17(26)24-19(15)28/h3-4,9,15-16,22H,5-8,10-11H2,1-2H3,(H,23,27)(H,24,26,28). The molecule has 3 heterocycles. The van der Waals surface area contributed by atoms with Gasteiger partial charge >= 0.3 is 0 Å². The SMILES string of the molecule is CC1(C)CNCCC1NC(=O)c1ccc2c(c1)CN(C1CCC(=O)NC1=O)C2=O. The Kier molecular flexibility index (Phi) is 4.90. The molecule has 1 aromatic carbocycles. The Hall–Kier alpha value is -2.74. The zero-order valence-electron chi connectivity index (χ0n) is 16.7. The van der Waals surface area contributed by atoms with Crippen molar-refractivity contribution in [3.8, 4) is 0 Å². The Morgan fingerprint density at radius 1 is 1.21 bits per heavy atom. The van der Waals surface area contributed by atoms with Gasteiger partial charge in [0.2, 0.25) is 11.8 Å². The van der Waals surface area contributed by atoms with Crippen LogP contribution in [0.25, 0.3) is 0 Å². The second kappa shape index (κ2) is 7.26. The van der Waals surface area contributed by atoms with Gasteiger partial charge in [0.25, 0.3) is 11.8 Å². The average Bonchev–Trinajstić information content (AvgIpc) is 2.99. The number of benzene rings is 1. The maximum absolute atomic E-state index is 12.8.